The van der Waals surface area contributed by atoms with Crippen molar-refractivity contribution in [2.45, 2.75) is 373 Å². The summed E-state index contributed by atoms with van der Waals surface area (Å²) in [7, 11) is 0. The van der Waals surface area contributed by atoms with Crippen molar-refractivity contribution in [3.05, 3.63) is 36.5 Å². The summed E-state index contributed by atoms with van der Waals surface area (Å²) in [5.41, 5.74) is 0. The number of carbonyl (C=O) groups excluding carboxylic acids is 2. The lowest BCUT2D eigenvalue weighted by atomic mass is 10.0. The molecule has 0 spiro atoms. The highest BCUT2D eigenvalue weighted by molar-refractivity contribution is 5.76. The number of allylic oxidation sites excluding steroid dienone is 6. The highest BCUT2D eigenvalue weighted by atomic mass is 16.5. The summed E-state index contributed by atoms with van der Waals surface area (Å²) >= 11 is 0. The standard InChI is InChI=1S/C68H129NO5/c1-3-5-7-9-11-13-15-17-19-20-21-22-23-24-25-27-30-33-36-40-44-48-52-56-60-66(71)65(64-70)69-67(72)61-57-53-49-45-41-37-34-31-28-26-29-32-35-39-43-47-51-55-59-63-74-68(73)62-58-54-50-46-42-38-18-16-14-12-10-8-6-4-2/h16,18,32,35,39,43,65-66,70-71H,3-15,17,19-31,33-34,36-38,40-42,44-64H2,1-2H3,(H,69,72)/b18-16-,35-32-,43-39-. The Kier molecular flexibility index (Phi) is 62.0. The maximum atomic E-state index is 12.5. The van der Waals surface area contributed by atoms with Gasteiger partial charge in [-0.1, -0.05) is 301 Å². The van der Waals surface area contributed by atoms with E-state index in [1.54, 1.807) is 0 Å². The van der Waals surface area contributed by atoms with E-state index in [0.717, 1.165) is 70.6 Å². The number of hydrogen-bond donors (Lipinski definition) is 3. The first-order chi connectivity index (χ1) is 36.5. The number of amides is 1. The second-order valence-corrected chi connectivity index (χ2v) is 22.8. The van der Waals surface area contributed by atoms with Crippen molar-refractivity contribution in [1.29, 1.82) is 0 Å². The molecule has 74 heavy (non-hydrogen) atoms. The van der Waals surface area contributed by atoms with Crippen molar-refractivity contribution in [3.8, 4) is 0 Å². The van der Waals surface area contributed by atoms with Crippen LogP contribution in [0.3, 0.4) is 0 Å². The Morgan fingerprint density at radius 3 is 1.04 bits per heavy atom. The lowest BCUT2D eigenvalue weighted by Gasteiger charge is -2.22. The summed E-state index contributed by atoms with van der Waals surface area (Å²) in [5.74, 6) is -0.0628. The van der Waals surface area contributed by atoms with Crippen LogP contribution in [0.25, 0.3) is 0 Å². The molecule has 0 bridgehead atoms. The molecule has 0 radical (unpaired) electrons. The molecular formula is C68H129NO5. The van der Waals surface area contributed by atoms with Gasteiger partial charge in [0.25, 0.3) is 0 Å². The summed E-state index contributed by atoms with van der Waals surface area (Å²) in [5, 5.41) is 23.4. The number of hydrogen-bond acceptors (Lipinski definition) is 5. The van der Waals surface area contributed by atoms with Crippen molar-refractivity contribution in [1.82, 2.24) is 5.32 Å². The van der Waals surface area contributed by atoms with E-state index >= 15 is 0 Å². The number of carbonyl (C=O) groups is 2. The summed E-state index contributed by atoms with van der Waals surface area (Å²) in [6.07, 6.45) is 80.3. The van der Waals surface area contributed by atoms with Crippen LogP contribution >= 0.6 is 0 Å². The molecule has 0 aromatic rings. The quantitative estimate of drug-likeness (QED) is 0.0244. The van der Waals surface area contributed by atoms with E-state index in [1.807, 2.05) is 0 Å². The van der Waals surface area contributed by atoms with Crippen LogP contribution in [0.15, 0.2) is 36.5 Å². The van der Waals surface area contributed by atoms with Gasteiger partial charge in [0.2, 0.25) is 5.91 Å². The third-order valence-corrected chi connectivity index (χ3v) is 15.4. The number of esters is 1. The fourth-order valence-electron chi connectivity index (χ4n) is 10.3. The predicted octanol–water partition coefficient (Wildman–Crippen LogP) is 21.1. The van der Waals surface area contributed by atoms with Gasteiger partial charge in [-0.15, -0.1) is 0 Å². The highest BCUT2D eigenvalue weighted by Crippen LogP contribution is 2.18. The number of aliphatic hydroxyl groups excluding tert-OH is 2. The summed E-state index contributed by atoms with van der Waals surface area (Å²) in [4.78, 5) is 24.6. The zero-order valence-electron chi connectivity index (χ0n) is 49.8. The summed E-state index contributed by atoms with van der Waals surface area (Å²) in [6.45, 7) is 4.92. The average Bonchev–Trinajstić information content (AvgIpc) is 3.40. The molecule has 0 heterocycles. The van der Waals surface area contributed by atoms with E-state index in [1.165, 1.54) is 257 Å². The van der Waals surface area contributed by atoms with Crippen LogP contribution < -0.4 is 5.32 Å². The first kappa shape index (κ1) is 72.1. The first-order valence-corrected chi connectivity index (χ1v) is 33.3. The van der Waals surface area contributed by atoms with Crippen molar-refractivity contribution in [3.63, 3.8) is 0 Å². The molecule has 6 nitrogen and oxygen atoms in total. The van der Waals surface area contributed by atoms with E-state index in [9.17, 15) is 19.8 Å². The second kappa shape index (κ2) is 63.6. The highest BCUT2D eigenvalue weighted by Gasteiger charge is 2.20. The third kappa shape index (κ3) is 59.3. The number of ether oxygens (including phenoxy) is 1. The lowest BCUT2D eigenvalue weighted by molar-refractivity contribution is -0.143. The van der Waals surface area contributed by atoms with Gasteiger partial charge in [0.05, 0.1) is 25.4 Å². The Hall–Kier alpha value is -1.92. The Labute approximate surface area is 462 Å². The van der Waals surface area contributed by atoms with Crippen LogP contribution in [0.1, 0.15) is 361 Å². The Morgan fingerprint density at radius 2 is 0.676 bits per heavy atom. The summed E-state index contributed by atoms with van der Waals surface area (Å²) in [6, 6.07) is -0.551. The van der Waals surface area contributed by atoms with Crippen molar-refractivity contribution in [2.24, 2.45) is 0 Å². The van der Waals surface area contributed by atoms with Gasteiger partial charge in [0.1, 0.15) is 0 Å². The molecule has 0 aliphatic carbocycles. The molecule has 1 amide bonds. The molecular weight excluding hydrogens is 911 g/mol. The Balaban J connectivity index is 3.47. The molecule has 0 saturated heterocycles. The molecule has 0 fully saturated rings. The zero-order valence-corrected chi connectivity index (χ0v) is 49.8. The van der Waals surface area contributed by atoms with E-state index < -0.39 is 12.1 Å². The van der Waals surface area contributed by atoms with Crippen LogP contribution in [-0.4, -0.2) is 47.4 Å². The number of rotatable bonds is 62. The average molecular weight is 1040 g/mol. The van der Waals surface area contributed by atoms with Gasteiger partial charge < -0.3 is 20.3 Å². The Morgan fingerprint density at radius 1 is 0.378 bits per heavy atom. The van der Waals surface area contributed by atoms with Crippen LogP contribution in [0.2, 0.25) is 0 Å². The third-order valence-electron chi connectivity index (χ3n) is 15.4. The molecule has 0 aromatic heterocycles. The van der Waals surface area contributed by atoms with Crippen LogP contribution in [0, 0.1) is 0 Å². The smallest absolute Gasteiger partial charge is 0.305 e. The molecule has 3 N–H and O–H groups in total. The monoisotopic (exact) mass is 1040 g/mol. The van der Waals surface area contributed by atoms with Crippen molar-refractivity contribution < 1.29 is 24.5 Å². The van der Waals surface area contributed by atoms with E-state index in [2.05, 4.69) is 55.6 Å². The largest absolute Gasteiger partial charge is 0.466 e. The summed E-state index contributed by atoms with van der Waals surface area (Å²) < 4.78 is 5.45. The normalized spacial score (nSPS) is 12.8. The molecule has 6 heteroatoms. The fraction of sp³-hybridized carbons (Fsp3) is 0.882. The minimum absolute atomic E-state index is 0.0213. The first-order valence-electron chi connectivity index (χ1n) is 33.3. The SMILES string of the molecule is CCCCCCC/C=C\CCCCCCCC(=O)OCCCCC/C=C\C=C/CCCCCCCCCCCCC(=O)NC(CO)C(O)CCCCCCCCCCCCCCCCCCCCCCCCCC. The molecule has 436 valence electrons. The fourth-order valence-corrected chi connectivity index (χ4v) is 10.3. The van der Waals surface area contributed by atoms with Crippen molar-refractivity contribution in [2.75, 3.05) is 13.2 Å². The van der Waals surface area contributed by atoms with Gasteiger partial charge in [0.15, 0.2) is 0 Å². The van der Waals surface area contributed by atoms with E-state index in [4.69, 9.17) is 4.74 Å². The van der Waals surface area contributed by atoms with Crippen LogP contribution in [-0.2, 0) is 14.3 Å². The van der Waals surface area contributed by atoms with Gasteiger partial charge in [0, 0.05) is 12.8 Å². The minimum atomic E-state index is -0.673. The number of aliphatic hydroxyl groups is 2. The van der Waals surface area contributed by atoms with Crippen LogP contribution in [0.4, 0.5) is 0 Å². The molecule has 0 saturated carbocycles. The molecule has 0 rings (SSSR count). The maximum Gasteiger partial charge on any atom is 0.305 e. The molecule has 0 aliphatic heterocycles. The van der Waals surface area contributed by atoms with Crippen LogP contribution in [0.5, 0.6) is 0 Å². The predicted molar refractivity (Wildman–Crippen MR) is 324 cm³/mol. The molecule has 2 atom stereocenters. The van der Waals surface area contributed by atoms with Gasteiger partial charge in [-0.3, -0.25) is 9.59 Å². The van der Waals surface area contributed by atoms with E-state index in [0.29, 0.717) is 25.9 Å². The number of nitrogens with one attached hydrogen (secondary N) is 1. The van der Waals surface area contributed by atoms with Gasteiger partial charge in [-0.05, 0) is 83.5 Å². The minimum Gasteiger partial charge on any atom is -0.466 e. The second-order valence-electron chi connectivity index (χ2n) is 22.8. The van der Waals surface area contributed by atoms with Gasteiger partial charge >= 0.3 is 5.97 Å². The van der Waals surface area contributed by atoms with E-state index in [-0.39, 0.29) is 18.5 Å². The number of unbranched alkanes of at least 4 members (excludes halogenated alkanes) is 46. The molecule has 0 aromatic carbocycles. The maximum absolute atomic E-state index is 12.5. The Bertz CT molecular complexity index is 1200. The lowest BCUT2D eigenvalue weighted by Crippen LogP contribution is -2.45. The van der Waals surface area contributed by atoms with Crippen molar-refractivity contribution >= 4 is 11.9 Å². The van der Waals surface area contributed by atoms with Gasteiger partial charge in [-0.2, -0.15) is 0 Å². The zero-order chi connectivity index (χ0) is 53.6. The van der Waals surface area contributed by atoms with Gasteiger partial charge in [-0.25, -0.2) is 0 Å². The molecule has 0 aliphatic rings. The topological polar surface area (TPSA) is 95.9 Å². The molecule has 2 unspecified atom stereocenters.